The van der Waals surface area contributed by atoms with Gasteiger partial charge in [0.1, 0.15) is 12.4 Å². The molecule has 1 fully saturated rings. The number of carbonyl (C=O) groups is 2. The van der Waals surface area contributed by atoms with E-state index in [1.165, 1.54) is 6.42 Å². The van der Waals surface area contributed by atoms with Crippen LogP contribution < -0.4 is 5.32 Å². The van der Waals surface area contributed by atoms with Gasteiger partial charge in [0.2, 0.25) is 5.91 Å². The summed E-state index contributed by atoms with van der Waals surface area (Å²) in [6.45, 7) is 4.65. The highest BCUT2D eigenvalue weighted by Crippen LogP contribution is 2.26. The van der Waals surface area contributed by atoms with Crippen LogP contribution in [0.3, 0.4) is 0 Å². The first-order chi connectivity index (χ1) is 18.5. The normalized spacial score (nSPS) is 14.8. The Labute approximate surface area is 224 Å². The van der Waals surface area contributed by atoms with Crippen molar-refractivity contribution < 1.29 is 9.59 Å². The van der Waals surface area contributed by atoms with Crippen molar-refractivity contribution in [2.75, 3.05) is 0 Å². The molecule has 1 aromatic heterocycles. The number of hydrogen-bond acceptors (Lipinski definition) is 3. The standard InChI is InChI=1S/C32H36N4O2/c1-23-13-9-10-18-27(23)32(38)33-24(2)31-34-28-19-11-12-20-29(28)36(31)22-30(37)35(26-16-7-4-8-17-26)21-25-14-5-3-6-15-25/h3,5-6,9-15,18-20,24,26H,4,7-8,16-17,21-22H2,1-2H3,(H,33,38). The third kappa shape index (κ3) is 5.64. The highest BCUT2D eigenvalue weighted by atomic mass is 16.2. The van der Waals surface area contributed by atoms with Crippen LogP contribution in [0.4, 0.5) is 0 Å². The molecule has 38 heavy (non-hydrogen) atoms. The van der Waals surface area contributed by atoms with E-state index >= 15 is 0 Å². The van der Waals surface area contributed by atoms with Gasteiger partial charge in [0.25, 0.3) is 5.91 Å². The third-order valence-corrected chi connectivity index (χ3v) is 7.63. The average Bonchev–Trinajstić information content (AvgIpc) is 3.31. The summed E-state index contributed by atoms with van der Waals surface area (Å²) >= 11 is 0. The van der Waals surface area contributed by atoms with Crippen LogP contribution in [0.1, 0.15) is 72.4 Å². The number of fused-ring (bicyclic) bond motifs is 1. The quantitative estimate of drug-likeness (QED) is 0.308. The minimum absolute atomic E-state index is 0.0857. The molecule has 0 spiro atoms. The summed E-state index contributed by atoms with van der Waals surface area (Å²) in [5.74, 6) is 0.626. The van der Waals surface area contributed by atoms with Gasteiger partial charge >= 0.3 is 0 Å². The van der Waals surface area contributed by atoms with E-state index in [2.05, 4.69) is 22.3 Å². The second kappa shape index (κ2) is 11.6. The van der Waals surface area contributed by atoms with Crippen LogP contribution in [0.25, 0.3) is 11.0 Å². The van der Waals surface area contributed by atoms with Crippen LogP contribution in [0, 0.1) is 6.92 Å². The predicted octanol–water partition coefficient (Wildman–Crippen LogP) is 6.20. The predicted molar refractivity (Wildman–Crippen MR) is 151 cm³/mol. The molecule has 0 radical (unpaired) electrons. The third-order valence-electron chi connectivity index (χ3n) is 7.63. The van der Waals surface area contributed by atoms with E-state index in [9.17, 15) is 9.59 Å². The van der Waals surface area contributed by atoms with Gasteiger partial charge < -0.3 is 14.8 Å². The van der Waals surface area contributed by atoms with Gasteiger partial charge in [-0.2, -0.15) is 0 Å². The molecule has 0 bridgehead atoms. The van der Waals surface area contributed by atoms with E-state index in [-0.39, 0.29) is 30.4 Å². The molecular formula is C32H36N4O2. The molecule has 4 aromatic rings. The fourth-order valence-corrected chi connectivity index (χ4v) is 5.58. The van der Waals surface area contributed by atoms with Gasteiger partial charge in [-0.15, -0.1) is 0 Å². The molecule has 5 rings (SSSR count). The minimum atomic E-state index is -0.375. The molecule has 0 aliphatic heterocycles. The second-order valence-electron chi connectivity index (χ2n) is 10.4. The first-order valence-electron chi connectivity index (χ1n) is 13.7. The summed E-state index contributed by atoms with van der Waals surface area (Å²) in [5, 5.41) is 3.11. The molecule has 1 saturated carbocycles. The lowest BCUT2D eigenvalue weighted by atomic mass is 9.93. The fourth-order valence-electron chi connectivity index (χ4n) is 5.58. The number of para-hydroxylation sites is 2. The van der Waals surface area contributed by atoms with Crippen molar-refractivity contribution in [3.05, 3.63) is 101 Å². The number of amides is 2. The molecule has 1 aliphatic carbocycles. The average molecular weight is 509 g/mol. The van der Waals surface area contributed by atoms with E-state index in [0.717, 1.165) is 47.8 Å². The topological polar surface area (TPSA) is 67.2 Å². The molecule has 1 aliphatic rings. The Kier molecular flexibility index (Phi) is 7.87. The summed E-state index contributed by atoms with van der Waals surface area (Å²) in [7, 11) is 0. The number of aryl methyl sites for hydroxylation is 1. The van der Waals surface area contributed by atoms with E-state index in [4.69, 9.17) is 4.98 Å². The maximum absolute atomic E-state index is 14.0. The van der Waals surface area contributed by atoms with Crippen LogP contribution >= 0.6 is 0 Å². The van der Waals surface area contributed by atoms with Gasteiger partial charge in [0.15, 0.2) is 0 Å². The van der Waals surface area contributed by atoms with Crippen LogP contribution in [0.5, 0.6) is 0 Å². The van der Waals surface area contributed by atoms with Crippen LogP contribution in [-0.4, -0.2) is 32.3 Å². The zero-order chi connectivity index (χ0) is 26.5. The molecule has 0 saturated heterocycles. The molecule has 1 atom stereocenters. The smallest absolute Gasteiger partial charge is 0.252 e. The van der Waals surface area contributed by atoms with Crippen LogP contribution in [-0.2, 0) is 17.9 Å². The monoisotopic (exact) mass is 508 g/mol. The Morgan fingerprint density at radius 3 is 2.39 bits per heavy atom. The van der Waals surface area contributed by atoms with Crippen molar-refractivity contribution in [1.82, 2.24) is 19.8 Å². The number of imidazole rings is 1. The molecule has 1 unspecified atom stereocenters. The molecule has 6 heteroatoms. The second-order valence-corrected chi connectivity index (χ2v) is 10.4. The van der Waals surface area contributed by atoms with E-state index in [1.54, 1.807) is 0 Å². The molecular weight excluding hydrogens is 472 g/mol. The van der Waals surface area contributed by atoms with Crippen molar-refractivity contribution in [1.29, 1.82) is 0 Å². The molecule has 1 N–H and O–H groups in total. The molecule has 3 aromatic carbocycles. The Balaban J connectivity index is 1.44. The largest absolute Gasteiger partial charge is 0.342 e. The Bertz CT molecular complexity index is 1410. The lowest BCUT2D eigenvalue weighted by molar-refractivity contribution is -0.135. The lowest BCUT2D eigenvalue weighted by Crippen LogP contribution is -2.43. The maximum Gasteiger partial charge on any atom is 0.252 e. The van der Waals surface area contributed by atoms with Crippen molar-refractivity contribution >= 4 is 22.8 Å². The number of benzene rings is 3. The fraction of sp³-hybridized carbons (Fsp3) is 0.344. The zero-order valence-electron chi connectivity index (χ0n) is 22.3. The summed E-state index contributed by atoms with van der Waals surface area (Å²) in [5.41, 5.74) is 4.42. The molecule has 196 valence electrons. The number of nitrogens with zero attached hydrogens (tertiary/aromatic N) is 3. The highest BCUT2D eigenvalue weighted by molar-refractivity contribution is 5.95. The Hall–Kier alpha value is -3.93. The Morgan fingerprint density at radius 1 is 0.947 bits per heavy atom. The number of hydrogen-bond donors (Lipinski definition) is 1. The number of carbonyl (C=O) groups excluding carboxylic acids is 2. The number of aromatic nitrogens is 2. The SMILES string of the molecule is Cc1ccccc1C(=O)NC(C)c1nc2ccccc2n1CC(=O)N(Cc1ccccc1)C1CCCCC1. The zero-order valence-corrected chi connectivity index (χ0v) is 22.3. The first-order valence-corrected chi connectivity index (χ1v) is 13.7. The Morgan fingerprint density at radius 2 is 1.63 bits per heavy atom. The van der Waals surface area contributed by atoms with E-state index < -0.39 is 0 Å². The van der Waals surface area contributed by atoms with E-state index in [0.29, 0.717) is 17.9 Å². The summed E-state index contributed by atoms with van der Waals surface area (Å²) < 4.78 is 1.99. The van der Waals surface area contributed by atoms with Crippen molar-refractivity contribution in [3.8, 4) is 0 Å². The number of nitrogens with one attached hydrogen (secondary N) is 1. The van der Waals surface area contributed by atoms with Crippen molar-refractivity contribution in [2.45, 2.75) is 71.1 Å². The van der Waals surface area contributed by atoms with Gasteiger partial charge in [-0.3, -0.25) is 9.59 Å². The van der Waals surface area contributed by atoms with Crippen molar-refractivity contribution in [3.63, 3.8) is 0 Å². The molecule has 1 heterocycles. The van der Waals surface area contributed by atoms with Gasteiger partial charge in [-0.25, -0.2) is 4.98 Å². The van der Waals surface area contributed by atoms with Gasteiger partial charge in [0.05, 0.1) is 17.1 Å². The first kappa shape index (κ1) is 25.7. The number of rotatable bonds is 8. The summed E-state index contributed by atoms with van der Waals surface area (Å²) in [6.07, 6.45) is 5.63. The summed E-state index contributed by atoms with van der Waals surface area (Å²) in [6, 6.07) is 25.5. The summed E-state index contributed by atoms with van der Waals surface area (Å²) in [4.78, 5) is 34.0. The molecule has 6 nitrogen and oxygen atoms in total. The van der Waals surface area contributed by atoms with Gasteiger partial charge in [0, 0.05) is 18.2 Å². The maximum atomic E-state index is 14.0. The van der Waals surface area contributed by atoms with Crippen LogP contribution in [0.15, 0.2) is 78.9 Å². The van der Waals surface area contributed by atoms with Crippen molar-refractivity contribution in [2.24, 2.45) is 0 Å². The lowest BCUT2D eigenvalue weighted by Gasteiger charge is -2.35. The van der Waals surface area contributed by atoms with Gasteiger partial charge in [-0.05, 0) is 56.0 Å². The highest BCUT2D eigenvalue weighted by Gasteiger charge is 2.28. The minimum Gasteiger partial charge on any atom is -0.342 e. The van der Waals surface area contributed by atoms with Gasteiger partial charge in [-0.1, -0.05) is 79.9 Å². The van der Waals surface area contributed by atoms with Crippen LogP contribution in [0.2, 0.25) is 0 Å². The molecule has 2 amide bonds. The van der Waals surface area contributed by atoms with E-state index in [1.807, 2.05) is 85.1 Å².